The third-order valence-corrected chi connectivity index (χ3v) is 1.50. The third-order valence-electron chi connectivity index (χ3n) is 1.50. The molecule has 1 fully saturated rings. The van der Waals surface area contributed by atoms with Crippen molar-refractivity contribution in [2.24, 2.45) is 0 Å². The summed E-state index contributed by atoms with van der Waals surface area (Å²) in [5.74, 6) is 0. The Morgan fingerprint density at radius 1 is 0.667 bits per heavy atom. The lowest BCUT2D eigenvalue weighted by Gasteiger charge is -2.05. The van der Waals surface area contributed by atoms with Gasteiger partial charge in [-0.25, -0.2) is 0 Å². The van der Waals surface area contributed by atoms with E-state index in [0.717, 1.165) is 0 Å². The van der Waals surface area contributed by atoms with Gasteiger partial charge < -0.3 is 0 Å². The van der Waals surface area contributed by atoms with Gasteiger partial charge in [0.05, 0.1) is 0 Å². The van der Waals surface area contributed by atoms with Crippen LogP contribution in [0.15, 0.2) is 18.9 Å². The smallest absolute Gasteiger partial charge is 0.0533 e. The van der Waals surface area contributed by atoms with E-state index < -0.39 is 0 Å². The molecule has 0 bridgehead atoms. The average molecular weight is 124 g/mol. The van der Waals surface area contributed by atoms with Gasteiger partial charge in [0.15, 0.2) is 0 Å². The van der Waals surface area contributed by atoms with Gasteiger partial charge in [-0.05, 0) is 0 Å². The van der Waals surface area contributed by atoms with Gasteiger partial charge in [0.1, 0.15) is 0 Å². The first-order valence-corrected chi connectivity index (χ1v) is 3.71. The Balaban J connectivity index is 0.000000187. The van der Waals surface area contributed by atoms with Crippen molar-refractivity contribution in [1.29, 1.82) is 0 Å². The fraction of sp³-hybridized carbons (Fsp3) is 0.667. The SMILES string of the molecule is C1CCCCC1.C=C=C. The topological polar surface area (TPSA) is 0 Å². The van der Waals surface area contributed by atoms with Crippen LogP contribution in [-0.4, -0.2) is 0 Å². The van der Waals surface area contributed by atoms with E-state index >= 15 is 0 Å². The molecule has 52 valence electrons. The molecule has 1 aliphatic rings. The Morgan fingerprint density at radius 3 is 0.889 bits per heavy atom. The highest BCUT2D eigenvalue weighted by molar-refractivity contribution is 4.52. The van der Waals surface area contributed by atoms with Crippen LogP contribution in [0.2, 0.25) is 0 Å². The Hall–Kier alpha value is -0.480. The number of hydrogen-bond donors (Lipinski definition) is 0. The Bertz CT molecular complexity index is 60.5. The molecule has 0 unspecified atom stereocenters. The highest BCUT2D eigenvalue weighted by Gasteiger charge is 1.95. The van der Waals surface area contributed by atoms with E-state index in [1.54, 1.807) is 0 Å². The predicted octanol–water partition coefficient (Wildman–Crippen LogP) is 3.30. The first kappa shape index (κ1) is 8.52. The fourth-order valence-corrected chi connectivity index (χ4v) is 1.06. The van der Waals surface area contributed by atoms with Gasteiger partial charge in [-0.15, -0.1) is 5.73 Å². The van der Waals surface area contributed by atoms with Crippen molar-refractivity contribution >= 4 is 0 Å². The Labute approximate surface area is 58.3 Å². The second-order valence-corrected chi connectivity index (χ2v) is 2.37. The van der Waals surface area contributed by atoms with E-state index in [0.29, 0.717) is 0 Å². The van der Waals surface area contributed by atoms with Gasteiger partial charge in [0.2, 0.25) is 0 Å². The first-order chi connectivity index (χ1) is 4.41. The molecule has 0 spiro atoms. The molecule has 0 heterocycles. The zero-order valence-electron chi connectivity index (χ0n) is 6.16. The maximum Gasteiger partial charge on any atom is -0.0533 e. The molecule has 1 aliphatic carbocycles. The summed E-state index contributed by atoms with van der Waals surface area (Å²) in [5, 5.41) is 0. The molecule has 0 aliphatic heterocycles. The van der Waals surface area contributed by atoms with E-state index in [9.17, 15) is 0 Å². The van der Waals surface area contributed by atoms with Gasteiger partial charge in [-0.1, -0.05) is 51.7 Å². The molecule has 0 aromatic rings. The van der Waals surface area contributed by atoms with Crippen molar-refractivity contribution in [3.8, 4) is 0 Å². The molecule has 1 rings (SSSR count). The summed E-state index contributed by atoms with van der Waals surface area (Å²) in [6, 6.07) is 0. The standard InChI is InChI=1S/C6H12.C3H4/c1-2-4-6-5-3-1;1-3-2/h1-6H2;1-2H2. The fourth-order valence-electron chi connectivity index (χ4n) is 1.06. The van der Waals surface area contributed by atoms with Crippen LogP contribution in [0, 0.1) is 0 Å². The maximum absolute atomic E-state index is 3.12. The van der Waals surface area contributed by atoms with Crippen LogP contribution in [0.1, 0.15) is 38.5 Å². The minimum atomic E-state index is 1.50. The van der Waals surface area contributed by atoms with E-state index in [2.05, 4.69) is 18.9 Å². The van der Waals surface area contributed by atoms with Crippen LogP contribution >= 0.6 is 0 Å². The minimum absolute atomic E-state index is 1.50. The number of hydrogen-bond acceptors (Lipinski definition) is 0. The van der Waals surface area contributed by atoms with Crippen molar-refractivity contribution in [1.82, 2.24) is 0 Å². The van der Waals surface area contributed by atoms with E-state index in [1.165, 1.54) is 38.5 Å². The van der Waals surface area contributed by atoms with Crippen LogP contribution in [0.4, 0.5) is 0 Å². The van der Waals surface area contributed by atoms with E-state index in [4.69, 9.17) is 0 Å². The predicted molar refractivity (Wildman–Crippen MR) is 42.5 cm³/mol. The first-order valence-electron chi connectivity index (χ1n) is 3.71. The monoisotopic (exact) mass is 124 g/mol. The molecule has 1 saturated carbocycles. The van der Waals surface area contributed by atoms with Crippen LogP contribution in [0.5, 0.6) is 0 Å². The molecule has 0 N–H and O–H groups in total. The lowest BCUT2D eigenvalue weighted by molar-refractivity contribution is 0.504. The van der Waals surface area contributed by atoms with E-state index in [-0.39, 0.29) is 0 Å². The van der Waals surface area contributed by atoms with Gasteiger partial charge in [0.25, 0.3) is 0 Å². The zero-order valence-corrected chi connectivity index (χ0v) is 6.16. The quantitative estimate of drug-likeness (QED) is 0.435. The van der Waals surface area contributed by atoms with Gasteiger partial charge in [0, 0.05) is 0 Å². The van der Waals surface area contributed by atoms with E-state index in [1.807, 2.05) is 0 Å². The highest BCUT2D eigenvalue weighted by atomic mass is 14.0. The molecule has 0 radical (unpaired) electrons. The van der Waals surface area contributed by atoms with Gasteiger partial charge in [-0.2, -0.15) is 0 Å². The van der Waals surface area contributed by atoms with Crippen molar-refractivity contribution in [3.05, 3.63) is 18.9 Å². The lowest BCUT2D eigenvalue weighted by Crippen LogP contribution is -1.85. The highest BCUT2D eigenvalue weighted by Crippen LogP contribution is 2.15. The Kier molecular flexibility index (Phi) is 7.12. The molecule has 0 nitrogen and oxygen atoms in total. The summed E-state index contributed by atoms with van der Waals surface area (Å²) in [6.45, 7) is 6.25. The minimum Gasteiger partial charge on any atom is -0.137 e. The van der Waals surface area contributed by atoms with Crippen LogP contribution in [-0.2, 0) is 0 Å². The summed E-state index contributed by atoms with van der Waals surface area (Å²) in [5.41, 5.74) is 2.25. The van der Waals surface area contributed by atoms with Crippen molar-refractivity contribution < 1.29 is 0 Å². The summed E-state index contributed by atoms with van der Waals surface area (Å²) in [6.07, 6.45) is 9.00. The van der Waals surface area contributed by atoms with Gasteiger partial charge >= 0.3 is 0 Å². The van der Waals surface area contributed by atoms with Crippen molar-refractivity contribution in [2.45, 2.75) is 38.5 Å². The summed E-state index contributed by atoms with van der Waals surface area (Å²) in [4.78, 5) is 0. The van der Waals surface area contributed by atoms with Crippen molar-refractivity contribution in [2.75, 3.05) is 0 Å². The molecular formula is C9H16. The molecule has 0 saturated heterocycles. The lowest BCUT2D eigenvalue weighted by atomic mass is 10.0. The molecule has 0 heteroatoms. The molecule has 9 heavy (non-hydrogen) atoms. The second-order valence-electron chi connectivity index (χ2n) is 2.37. The average Bonchev–Trinajstić information content (AvgIpc) is 1.93. The van der Waals surface area contributed by atoms with Crippen LogP contribution in [0.3, 0.4) is 0 Å². The molecular weight excluding hydrogens is 108 g/mol. The number of rotatable bonds is 0. The molecule has 0 amide bonds. The second kappa shape index (κ2) is 7.52. The molecule has 0 atom stereocenters. The van der Waals surface area contributed by atoms with Crippen LogP contribution in [0.25, 0.3) is 0 Å². The summed E-state index contributed by atoms with van der Waals surface area (Å²) < 4.78 is 0. The molecule has 0 aromatic heterocycles. The zero-order chi connectivity index (χ0) is 6.95. The largest absolute Gasteiger partial charge is 0.137 e. The van der Waals surface area contributed by atoms with Crippen molar-refractivity contribution in [3.63, 3.8) is 0 Å². The Morgan fingerprint density at radius 2 is 0.778 bits per heavy atom. The molecule has 0 aromatic carbocycles. The third kappa shape index (κ3) is 7.52. The van der Waals surface area contributed by atoms with Gasteiger partial charge in [-0.3, -0.25) is 0 Å². The normalized spacial score (nSPS) is 16.9. The maximum atomic E-state index is 3.12. The summed E-state index contributed by atoms with van der Waals surface area (Å²) >= 11 is 0. The van der Waals surface area contributed by atoms with Crippen LogP contribution < -0.4 is 0 Å². The summed E-state index contributed by atoms with van der Waals surface area (Å²) in [7, 11) is 0.